The number of fused-ring (bicyclic) bond motifs is 3. The zero-order valence-electron chi connectivity index (χ0n) is 15.4. The maximum Gasteiger partial charge on any atom is 0.196 e. The molecule has 5 nitrogen and oxygen atoms in total. The Balaban J connectivity index is 1.41. The molecule has 0 saturated carbocycles. The maximum atomic E-state index is 10.3. The number of hydrogen-bond donors (Lipinski definition) is 1. The van der Waals surface area contributed by atoms with E-state index in [1.165, 1.54) is 22.7 Å². The summed E-state index contributed by atoms with van der Waals surface area (Å²) in [5.74, 6) is 0.464. The van der Waals surface area contributed by atoms with Crippen molar-refractivity contribution in [1.29, 1.82) is 0 Å². The van der Waals surface area contributed by atoms with Gasteiger partial charge >= 0.3 is 0 Å². The van der Waals surface area contributed by atoms with Gasteiger partial charge in [-0.1, -0.05) is 59.8 Å². The number of halogens is 1. The van der Waals surface area contributed by atoms with E-state index in [0.29, 0.717) is 17.4 Å². The Hall–Kier alpha value is -2.12. The molecule has 0 saturated heterocycles. The van der Waals surface area contributed by atoms with Crippen LogP contribution in [0.25, 0.3) is 16.6 Å². The zero-order chi connectivity index (χ0) is 19.5. The molecule has 0 aliphatic carbocycles. The average Bonchev–Trinajstić information content (AvgIpc) is 3.11. The van der Waals surface area contributed by atoms with Gasteiger partial charge in [-0.2, -0.15) is 0 Å². The molecule has 0 spiro atoms. The summed E-state index contributed by atoms with van der Waals surface area (Å²) in [6, 6.07) is 17.8. The largest absolute Gasteiger partial charge is 0.390 e. The maximum absolute atomic E-state index is 10.3. The summed E-state index contributed by atoms with van der Waals surface area (Å²) in [4.78, 5) is 0. The van der Waals surface area contributed by atoms with Crippen molar-refractivity contribution in [1.82, 2.24) is 14.6 Å². The molecule has 0 aliphatic heterocycles. The van der Waals surface area contributed by atoms with Crippen molar-refractivity contribution in [2.24, 2.45) is 0 Å². The molecule has 1 atom stereocenters. The molecule has 4 rings (SSSR count). The number of aryl methyl sites for hydroxylation is 1. The lowest BCUT2D eigenvalue weighted by Crippen LogP contribution is -2.18. The van der Waals surface area contributed by atoms with Gasteiger partial charge < -0.3 is 9.84 Å². The minimum Gasteiger partial charge on any atom is -0.390 e. The number of hydrogen-bond acceptors (Lipinski definition) is 5. The van der Waals surface area contributed by atoms with Crippen LogP contribution in [-0.4, -0.2) is 38.2 Å². The fourth-order valence-corrected chi connectivity index (χ4v) is 4.15. The highest BCUT2D eigenvalue weighted by Gasteiger charge is 2.14. The van der Waals surface area contributed by atoms with Crippen LogP contribution in [0.4, 0.5) is 0 Å². The summed E-state index contributed by atoms with van der Waals surface area (Å²) in [6.07, 6.45) is -0.614. The highest BCUT2D eigenvalue weighted by molar-refractivity contribution is 7.99. The molecule has 0 amide bonds. The molecule has 0 bridgehead atoms. The summed E-state index contributed by atoms with van der Waals surface area (Å²) in [6.45, 7) is 2.68. The fourth-order valence-electron chi connectivity index (χ4n) is 3.11. The molecule has 144 valence electrons. The summed E-state index contributed by atoms with van der Waals surface area (Å²) < 4.78 is 7.65. The summed E-state index contributed by atoms with van der Waals surface area (Å²) in [7, 11) is 0. The van der Waals surface area contributed by atoms with Gasteiger partial charge in [-0.15, -0.1) is 10.2 Å². The first-order valence-corrected chi connectivity index (χ1v) is 10.4. The van der Waals surface area contributed by atoms with Crippen LogP contribution < -0.4 is 0 Å². The Morgan fingerprint density at radius 2 is 1.93 bits per heavy atom. The van der Waals surface area contributed by atoms with Crippen LogP contribution in [0.1, 0.15) is 11.1 Å². The highest BCUT2D eigenvalue weighted by Crippen LogP contribution is 2.26. The van der Waals surface area contributed by atoms with Gasteiger partial charge in [0.05, 0.1) is 24.8 Å². The Morgan fingerprint density at radius 1 is 1.14 bits per heavy atom. The van der Waals surface area contributed by atoms with Gasteiger partial charge in [-0.05, 0) is 36.2 Å². The van der Waals surface area contributed by atoms with Crippen molar-refractivity contribution >= 4 is 39.9 Å². The predicted octanol–water partition coefficient (Wildman–Crippen LogP) is 4.51. The molecule has 0 fully saturated rings. The second-order valence-corrected chi connectivity index (χ2v) is 7.99. The first kappa shape index (κ1) is 19.2. The number of thioether (sulfide) groups is 1. The Labute approximate surface area is 172 Å². The summed E-state index contributed by atoms with van der Waals surface area (Å²) in [5, 5.41) is 21.5. The standard InChI is InChI=1S/C21H20ClN3O2S/c1-14-10-20-23-24-21(25(20)19-9-5-3-7-17(14)19)28-13-16(26)12-27-11-15-6-2-4-8-18(15)22/h2-10,16,26H,11-13H2,1H3. The molecule has 7 heteroatoms. The molecule has 2 aromatic heterocycles. The Kier molecular flexibility index (Phi) is 5.82. The lowest BCUT2D eigenvalue weighted by atomic mass is 10.1. The predicted molar refractivity (Wildman–Crippen MR) is 113 cm³/mol. The Morgan fingerprint density at radius 3 is 2.79 bits per heavy atom. The number of pyridine rings is 1. The van der Waals surface area contributed by atoms with Crippen molar-refractivity contribution < 1.29 is 9.84 Å². The number of aliphatic hydroxyl groups excluding tert-OH is 1. The monoisotopic (exact) mass is 413 g/mol. The van der Waals surface area contributed by atoms with Gasteiger partial charge in [0.2, 0.25) is 0 Å². The lowest BCUT2D eigenvalue weighted by Gasteiger charge is -2.12. The van der Waals surface area contributed by atoms with E-state index < -0.39 is 6.10 Å². The van der Waals surface area contributed by atoms with E-state index in [-0.39, 0.29) is 6.61 Å². The molecular weight excluding hydrogens is 394 g/mol. The Bertz CT molecular complexity index is 1120. The number of aromatic nitrogens is 3. The SMILES string of the molecule is Cc1cc2nnc(SCC(O)COCc3ccccc3Cl)n2c2ccccc12. The molecule has 1 N–H and O–H groups in total. The zero-order valence-corrected chi connectivity index (χ0v) is 17.0. The van der Waals surface area contributed by atoms with Gasteiger partial charge in [0.25, 0.3) is 0 Å². The van der Waals surface area contributed by atoms with Crippen molar-refractivity contribution in [2.45, 2.75) is 24.8 Å². The van der Waals surface area contributed by atoms with E-state index in [1.54, 1.807) is 0 Å². The van der Waals surface area contributed by atoms with Gasteiger partial charge in [-0.3, -0.25) is 4.40 Å². The molecule has 2 aromatic carbocycles. The van der Waals surface area contributed by atoms with Crippen LogP contribution in [0, 0.1) is 6.92 Å². The third kappa shape index (κ3) is 4.00. The van der Waals surface area contributed by atoms with Crippen molar-refractivity contribution in [3.05, 3.63) is 70.7 Å². The second-order valence-electron chi connectivity index (χ2n) is 6.59. The molecular formula is C21H20ClN3O2S. The van der Waals surface area contributed by atoms with Crippen LogP contribution in [0.5, 0.6) is 0 Å². The minimum atomic E-state index is -0.614. The van der Waals surface area contributed by atoms with Gasteiger partial charge in [0.1, 0.15) is 0 Å². The topological polar surface area (TPSA) is 59.7 Å². The third-order valence-corrected chi connectivity index (χ3v) is 5.95. The van der Waals surface area contributed by atoms with E-state index in [0.717, 1.165) is 21.9 Å². The van der Waals surface area contributed by atoms with Crippen LogP contribution >= 0.6 is 23.4 Å². The van der Waals surface area contributed by atoms with Gasteiger partial charge in [0, 0.05) is 16.2 Å². The smallest absolute Gasteiger partial charge is 0.196 e. The molecule has 2 heterocycles. The van der Waals surface area contributed by atoms with Crippen LogP contribution in [0.15, 0.2) is 59.8 Å². The second kappa shape index (κ2) is 8.49. The van der Waals surface area contributed by atoms with Crippen LogP contribution in [0.2, 0.25) is 5.02 Å². The molecule has 0 aliphatic rings. The fraction of sp³-hybridized carbons (Fsp3) is 0.238. The van der Waals surface area contributed by atoms with E-state index in [9.17, 15) is 5.11 Å². The van der Waals surface area contributed by atoms with Gasteiger partial charge in [-0.25, -0.2) is 0 Å². The number of rotatable bonds is 7. The first-order chi connectivity index (χ1) is 13.6. The molecule has 4 aromatic rings. The number of aliphatic hydroxyl groups is 1. The number of benzene rings is 2. The quantitative estimate of drug-likeness (QED) is 0.451. The summed E-state index contributed by atoms with van der Waals surface area (Å²) in [5.41, 5.74) is 3.95. The van der Waals surface area contributed by atoms with Gasteiger partial charge in [0.15, 0.2) is 10.8 Å². The molecule has 0 radical (unpaired) electrons. The van der Waals surface area contributed by atoms with E-state index in [2.05, 4.69) is 29.3 Å². The van der Waals surface area contributed by atoms with Crippen molar-refractivity contribution in [3.63, 3.8) is 0 Å². The first-order valence-electron chi connectivity index (χ1n) is 8.99. The van der Waals surface area contributed by atoms with Crippen LogP contribution in [-0.2, 0) is 11.3 Å². The lowest BCUT2D eigenvalue weighted by molar-refractivity contribution is 0.0398. The normalized spacial score (nSPS) is 12.7. The summed E-state index contributed by atoms with van der Waals surface area (Å²) >= 11 is 7.59. The number of para-hydroxylation sites is 1. The van der Waals surface area contributed by atoms with E-state index in [1.807, 2.05) is 46.9 Å². The molecule has 1 unspecified atom stereocenters. The van der Waals surface area contributed by atoms with Crippen molar-refractivity contribution in [2.75, 3.05) is 12.4 Å². The van der Waals surface area contributed by atoms with E-state index >= 15 is 0 Å². The van der Waals surface area contributed by atoms with Crippen LogP contribution in [0.3, 0.4) is 0 Å². The minimum absolute atomic E-state index is 0.231. The molecule has 28 heavy (non-hydrogen) atoms. The average molecular weight is 414 g/mol. The number of nitrogens with zero attached hydrogens (tertiary/aromatic N) is 3. The number of ether oxygens (including phenoxy) is 1. The van der Waals surface area contributed by atoms with E-state index in [4.69, 9.17) is 16.3 Å². The third-order valence-electron chi connectivity index (χ3n) is 4.50. The highest BCUT2D eigenvalue weighted by atomic mass is 35.5. The van der Waals surface area contributed by atoms with Crippen molar-refractivity contribution in [3.8, 4) is 0 Å².